The van der Waals surface area contributed by atoms with Crippen molar-refractivity contribution < 1.29 is 4.79 Å². The third kappa shape index (κ3) is 3.48. The summed E-state index contributed by atoms with van der Waals surface area (Å²) in [5.41, 5.74) is 6.24. The van der Waals surface area contributed by atoms with E-state index in [1.54, 1.807) is 24.3 Å². The number of nitrogens with two attached hydrogens (primary N) is 1. The Morgan fingerprint density at radius 3 is 2.86 bits per heavy atom. The topological polar surface area (TPSA) is 43.1 Å². The molecule has 1 unspecified atom stereocenters. The molecule has 0 spiro atoms. The lowest BCUT2D eigenvalue weighted by Crippen LogP contribution is -2.16. The van der Waals surface area contributed by atoms with Gasteiger partial charge in [-0.25, -0.2) is 0 Å². The number of benzene rings is 1. The fourth-order valence-electron chi connectivity index (χ4n) is 1.17. The Balaban J connectivity index is 2.61. The molecule has 0 fully saturated rings. The minimum atomic E-state index is 0.0677. The predicted molar refractivity (Wildman–Crippen MR) is 58.7 cm³/mol. The van der Waals surface area contributed by atoms with Gasteiger partial charge >= 0.3 is 0 Å². The molecule has 1 aromatic carbocycles. The van der Waals surface area contributed by atoms with E-state index in [1.165, 1.54) is 0 Å². The molecule has 3 heteroatoms. The molecule has 0 aliphatic rings. The lowest BCUT2D eigenvalue weighted by Gasteiger charge is -2.04. The van der Waals surface area contributed by atoms with Crippen LogP contribution in [0.3, 0.4) is 0 Å². The van der Waals surface area contributed by atoms with Crippen molar-refractivity contribution in [2.24, 2.45) is 5.73 Å². The molecule has 14 heavy (non-hydrogen) atoms. The van der Waals surface area contributed by atoms with Gasteiger partial charge in [-0.15, -0.1) is 0 Å². The third-order valence-corrected chi connectivity index (χ3v) is 2.21. The maximum atomic E-state index is 11.6. The molecule has 0 radical (unpaired) electrons. The third-order valence-electron chi connectivity index (χ3n) is 1.97. The van der Waals surface area contributed by atoms with Gasteiger partial charge in [-0.3, -0.25) is 4.79 Å². The van der Waals surface area contributed by atoms with Gasteiger partial charge in [0.25, 0.3) is 0 Å². The summed E-state index contributed by atoms with van der Waals surface area (Å²) in [6, 6.07) is 7.06. The highest BCUT2D eigenvalue weighted by Gasteiger charge is 2.06. The average molecular weight is 212 g/mol. The molecule has 0 amide bonds. The van der Waals surface area contributed by atoms with Crippen molar-refractivity contribution in [2.45, 2.75) is 25.8 Å². The van der Waals surface area contributed by atoms with Gasteiger partial charge in [0.1, 0.15) is 0 Å². The first-order valence-electron chi connectivity index (χ1n) is 4.64. The van der Waals surface area contributed by atoms with Crippen LogP contribution >= 0.6 is 11.6 Å². The van der Waals surface area contributed by atoms with Crippen LogP contribution < -0.4 is 5.73 Å². The molecule has 0 saturated carbocycles. The molecule has 0 bridgehead atoms. The van der Waals surface area contributed by atoms with Gasteiger partial charge in [0, 0.05) is 23.0 Å². The second-order valence-electron chi connectivity index (χ2n) is 3.45. The van der Waals surface area contributed by atoms with Gasteiger partial charge < -0.3 is 5.73 Å². The molecule has 2 N–H and O–H groups in total. The van der Waals surface area contributed by atoms with Crippen LogP contribution in [-0.2, 0) is 0 Å². The molecule has 2 nitrogen and oxygen atoms in total. The number of carbonyl (C=O) groups is 1. The van der Waals surface area contributed by atoms with E-state index in [2.05, 4.69) is 0 Å². The minimum Gasteiger partial charge on any atom is -0.328 e. The monoisotopic (exact) mass is 211 g/mol. The van der Waals surface area contributed by atoms with E-state index in [4.69, 9.17) is 17.3 Å². The molecule has 0 aliphatic heterocycles. The first kappa shape index (κ1) is 11.2. The Kier molecular flexibility index (Phi) is 4.11. The lowest BCUT2D eigenvalue weighted by atomic mass is 10.0. The van der Waals surface area contributed by atoms with E-state index in [-0.39, 0.29) is 11.8 Å². The standard InChI is InChI=1S/C11H14ClNO/c1-8(13)5-6-11(14)9-3-2-4-10(12)7-9/h2-4,7-8H,5-6,13H2,1H3. The van der Waals surface area contributed by atoms with Gasteiger partial charge in [0.05, 0.1) is 0 Å². The highest BCUT2D eigenvalue weighted by molar-refractivity contribution is 6.31. The Labute approximate surface area is 89.1 Å². The van der Waals surface area contributed by atoms with Crippen molar-refractivity contribution >= 4 is 17.4 Å². The zero-order valence-corrected chi connectivity index (χ0v) is 8.92. The molecule has 1 atom stereocenters. The van der Waals surface area contributed by atoms with Crippen molar-refractivity contribution in [3.05, 3.63) is 34.9 Å². The smallest absolute Gasteiger partial charge is 0.162 e. The van der Waals surface area contributed by atoms with Gasteiger partial charge in [0.2, 0.25) is 0 Å². The van der Waals surface area contributed by atoms with E-state index in [1.807, 2.05) is 6.92 Å². The summed E-state index contributed by atoms with van der Waals surface area (Å²) in [5, 5.41) is 0.594. The fraction of sp³-hybridized carbons (Fsp3) is 0.364. The number of hydrogen-bond acceptors (Lipinski definition) is 2. The summed E-state index contributed by atoms with van der Waals surface area (Å²) < 4.78 is 0. The van der Waals surface area contributed by atoms with E-state index < -0.39 is 0 Å². The average Bonchev–Trinajstić information content (AvgIpc) is 2.14. The van der Waals surface area contributed by atoms with Gasteiger partial charge in [0.15, 0.2) is 5.78 Å². The van der Waals surface area contributed by atoms with Crippen molar-refractivity contribution in [3.8, 4) is 0 Å². The van der Waals surface area contributed by atoms with E-state index >= 15 is 0 Å². The van der Waals surface area contributed by atoms with Gasteiger partial charge in [-0.1, -0.05) is 23.7 Å². The molecule has 1 aromatic rings. The minimum absolute atomic E-state index is 0.0677. The summed E-state index contributed by atoms with van der Waals surface area (Å²) in [6.07, 6.45) is 1.20. The fourth-order valence-corrected chi connectivity index (χ4v) is 1.36. The van der Waals surface area contributed by atoms with Crippen LogP contribution in [-0.4, -0.2) is 11.8 Å². The molecule has 0 saturated heterocycles. The van der Waals surface area contributed by atoms with Gasteiger partial charge in [-0.05, 0) is 25.5 Å². The highest BCUT2D eigenvalue weighted by atomic mass is 35.5. The predicted octanol–water partition coefficient (Wildman–Crippen LogP) is 2.65. The van der Waals surface area contributed by atoms with Crippen LogP contribution in [0.1, 0.15) is 30.1 Å². The molecular formula is C11H14ClNO. The summed E-state index contributed by atoms with van der Waals surface area (Å²) in [5.74, 6) is 0.102. The maximum Gasteiger partial charge on any atom is 0.162 e. The molecule has 0 aliphatic carbocycles. The number of carbonyl (C=O) groups excluding carboxylic acids is 1. The van der Waals surface area contributed by atoms with E-state index in [0.717, 1.165) is 0 Å². The molecule has 76 valence electrons. The number of hydrogen-bond donors (Lipinski definition) is 1. The van der Waals surface area contributed by atoms with E-state index in [9.17, 15) is 4.79 Å². The molecule has 1 rings (SSSR count). The summed E-state index contributed by atoms with van der Waals surface area (Å²) in [6.45, 7) is 1.89. The summed E-state index contributed by atoms with van der Waals surface area (Å²) in [7, 11) is 0. The zero-order valence-electron chi connectivity index (χ0n) is 8.16. The molecular weight excluding hydrogens is 198 g/mol. The normalized spacial score (nSPS) is 12.5. The van der Waals surface area contributed by atoms with Crippen molar-refractivity contribution in [2.75, 3.05) is 0 Å². The Bertz CT molecular complexity index is 323. The quantitative estimate of drug-likeness (QED) is 0.779. The van der Waals surface area contributed by atoms with Crippen LogP contribution in [0.5, 0.6) is 0 Å². The highest BCUT2D eigenvalue weighted by Crippen LogP contribution is 2.13. The molecule has 0 heterocycles. The summed E-state index contributed by atoms with van der Waals surface area (Å²) >= 11 is 5.77. The summed E-state index contributed by atoms with van der Waals surface area (Å²) in [4.78, 5) is 11.6. The second kappa shape index (κ2) is 5.13. The van der Waals surface area contributed by atoms with Crippen LogP contribution in [0.15, 0.2) is 24.3 Å². The van der Waals surface area contributed by atoms with Crippen LogP contribution in [0.4, 0.5) is 0 Å². The number of halogens is 1. The van der Waals surface area contributed by atoms with Crippen LogP contribution in [0, 0.1) is 0 Å². The lowest BCUT2D eigenvalue weighted by molar-refractivity contribution is 0.0978. The maximum absolute atomic E-state index is 11.6. The van der Waals surface area contributed by atoms with Crippen molar-refractivity contribution in [1.29, 1.82) is 0 Å². The number of ketones is 1. The number of Topliss-reactive ketones (excluding diaryl/α,β-unsaturated/α-hetero) is 1. The first-order valence-corrected chi connectivity index (χ1v) is 5.01. The Morgan fingerprint density at radius 1 is 1.57 bits per heavy atom. The number of rotatable bonds is 4. The second-order valence-corrected chi connectivity index (χ2v) is 3.89. The van der Waals surface area contributed by atoms with E-state index in [0.29, 0.717) is 23.4 Å². The van der Waals surface area contributed by atoms with Crippen molar-refractivity contribution in [1.82, 2.24) is 0 Å². The first-order chi connectivity index (χ1) is 6.59. The Morgan fingerprint density at radius 2 is 2.29 bits per heavy atom. The Hall–Kier alpha value is -0.860. The molecule has 0 aromatic heterocycles. The van der Waals surface area contributed by atoms with Gasteiger partial charge in [-0.2, -0.15) is 0 Å². The SMILES string of the molecule is CC(N)CCC(=O)c1cccc(Cl)c1. The van der Waals surface area contributed by atoms with Crippen molar-refractivity contribution in [3.63, 3.8) is 0 Å². The largest absolute Gasteiger partial charge is 0.328 e. The van der Waals surface area contributed by atoms with Crippen LogP contribution in [0.25, 0.3) is 0 Å². The van der Waals surface area contributed by atoms with Crippen LogP contribution in [0.2, 0.25) is 5.02 Å². The zero-order chi connectivity index (χ0) is 10.6.